The Morgan fingerprint density at radius 1 is 1.40 bits per heavy atom. The van der Waals surface area contributed by atoms with E-state index in [4.69, 9.17) is 11.6 Å². The van der Waals surface area contributed by atoms with Gasteiger partial charge >= 0.3 is 0 Å². The van der Waals surface area contributed by atoms with Crippen LogP contribution < -0.4 is 0 Å². The molecule has 0 radical (unpaired) electrons. The van der Waals surface area contributed by atoms with Crippen molar-refractivity contribution in [2.75, 3.05) is 0 Å². The summed E-state index contributed by atoms with van der Waals surface area (Å²) in [4.78, 5) is 16.3. The molecule has 5 heteroatoms. The fourth-order valence-electron chi connectivity index (χ4n) is 2.13. The van der Waals surface area contributed by atoms with E-state index in [1.54, 1.807) is 10.9 Å². The van der Waals surface area contributed by atoms with Crippen LogP contribution in [0.25, 0.3) is 0 Å². The highest BCUT2D eigenvalue weighted by Crippen LogP contribution is 2.21. The minimum atomic E-state index is 0.159. The Balaban J connectivity index is 1.98. The van der Waals surface area contributed by atoms with Gasteiger partial charge in [0.15, 0.2) is 0 Å². The first kappa shape index (κ1) is 14.7. The SMILES string of the molecule is CCn1nc(C)c(Cl)c1CC(=O)CCc1ccccn1. The third-order valence-corrected chi connectivity index (χ3v) is 3.70. The fraction of sp³-hybridized carbons (Fsp3) is 0.400. The third-order valence-electron chi connectivity index (χ3n) is 3.20. The second-order valence-corrected chi connectivity index (χ2v) is 5.08. The van der Waals surface area contributed by atoms with E-state index >= 15 is 0 Å². The topological polar surface area (TPSA) is 47.8 Å². The molecule has 4 nitrogen and oxygen atoms in total. The van der Waals surface area contributed by atoms with Gasteiger partial charge in [0.05, 0.1) is 16.4 Å². The van der Waals surface area contributed by atoms with Crippen LogP contribution in [0, 0.1) is 6.92 Å². The summed E-state index contributed by atoms with van der Waals surface area (Å²) in [7, 11) is 0. The summed E-state index contributed by atoms with van der Waals surface area (Å²) < 4.78 is 1.80. The quantitative estimate of drug-likeness (QED) is 0.822. The molecule has 0 unspecified atom stereocenters. The summed E-state index contributed by atoms with van der Waals surface area (Å²) in [6, 6.07) is 5.73. The van der Waals surface area contributed by atoms with Gasteiger partial charge in [-0.3, -0.25) is 14.5 Å². The monoisotopic (exact) mass is 291 g/mol. The van der Waals surface area contributed by atoms with Crippen LogP contribution in [0.3, 0.4) is 0 Å². The molecule has 0 aliphatic carbocycles. The number of carbonyl (C=O) groups is 1. The van der Waals surface area contributed by atoms with Gasteiger partial charge in [0, 0.05) is 31.3 Å². The van der Waals surface area contributed by atoms with Crippen LogP contribution in [0.5, 0.6) is 0 Å². The molecule has 2 rings (SSSR count). The Labute approximate surface area is 123 Å². The number of aryl methyl sites for hydroxylation is 3. The average molecular weight is 292 g/mol. The Morgan fingerprint density at radius 2 is 2.20 bits per heavy atom. The summed E-state index contributed by atoms with van der Waals surface area (Å²) in [6.45, 7) is 4.57. The maximum Gasteiger partial charge on any atom is 0.139 e. The van der Waals surface area contributed by atoms with E-state index in [9.17, 15) is 4.79 Å². The lowest BCUT2D eigenvalue weighted by Crippen LogP contribution is -2.10. The van der Waals surface area contributed by atoms with Gasteiger partial charge in [0.1, 0.15) is 5.78 Å². The first-order valence-corrected chi connectivity index (χ1v) is 7.13. The Bertz CT molecular complexity index is 593. The predicted molar refractivity (Wildman–Crippen MR) is 78.9 cm³/mol. The van der Waals surface area contributed by atoms with Crippen LogP contribution in [-0.2, 0) is 24.2 Å². The molecule has 0 aliphatic rings. The number of Topliss-reactive ketones (excluding diaryl/α,β-unsaturated/α-hetero) is 1. The highest BCUT2D eigenvalue weighted by atomic mass is 35.5. The lowest BCUT2D eigenvalue weighted by Gasteiger charge is -2.05. The average Bonchev–Trinajstić information content (AvgIpc) is 2.74. The van der Waals surface area contributed by atoms with E-state index in [1.807, 2.05) is 32.0 Å². The van der Waals surface area contributed by atoms with Crippen molar-refractivity contribution in [1.82, 2.24) is 14.8 Å². The van der Waals surface area contributed by atoms with Gasteiger partial charge in [-0.2, -0.15) is 5.10 Å². The van der Waals surface area contributed by atoms with Gasteiger partial charge in [0.2, 0.25) is 0 Å². The normalized spacial score (nSPS) is 10.8. The molecular weight excluding hydrogens is 274 g/mol. The largest absolute Gasteiger partial charge is 0.299 e. The van der Waals surface area contributed by atoms with E-state index < -0.39 is 0 Å². The highest BCUT2D eigenvalue weighted by Gasteiger charge is 2.15. The van der Waals surface area contributed by atoms with E-state index in [0.717, 1.165) is 23.6 Å². The van der Waals surface area contributed by atoms with Crippen LogP contribution in [0.15, 0.2) is 24.4 Å². The van der Waals surface area contributed by atoms with Crippen molar-refractivity contribution in [3.05, 3.63) is 46.5 Å². The van der Waals surface area contributed by atoms with Crippen molar-refractivity contribution in [1.29, 1.82) is 0 Å². The first-order valence-electron chi connectivity index (χ1n) is 6.75. The van der Waals surface area contributed by atoms with Crippen LogP contribution in [0.2, 0.25) is 5.02 Å². The molecule has 0 aromatic carbocycles. The number of nitrogens with zero attached hydrogens (tertiary/aromatic N) is 3. The smallest absolute Gasteiger partial charge is 0.139 e. The molecule has 0 N–H and O–H groups in total. The number of ketones is 1. The maximum absolute atomic E-state index is 12.1. The molecule has 106 valence electrons. The number of aromatic nitrogens is 3. The summed E-state index contributed by atoms with van der Waals surface area (Å²) in [6.07, 6.45) is 3.21. The molecule has 2 aromatic heterocycles. The van der Waals surface area contributed by atoms with Crippen LogP contribution in [-0.4, -0.2) is 20.5 Å². The summed E-state index contributed by atoms with van der Waals surface area (Å²) >= 11 is 6.21. The fourth-order valence-corrected chi connectivity index (χ4v) is 2.33. The molecule has 20 heavy (non-hydrogen) atoms. The minimum absolute atomic E-state index is 0.159. The van der Waals surface area contributed by atoms with Crippen molar-refractivity contribution in [3.63, 3.8) is 0 Å². The van der Waals surface area contributed by atoms with Crippen LogP contribution in [0.4, 0.5) is 0 Å². The van der Waals surface area contributed by atoms with E-state index in [1.165, 1.54) is 0 Å². The van der Waals surface area contributed by atoms with Gasteiger partial charge in [0.25, 0.3) is 0 Å². The molecule has 0 saturated heterocycles. The highest BCUT2D eigenvalue weighted by molar-refractivity contribution is 6.32. The van der Waals surface area contributed by atoms with E-state index in [2.05, 4.69) is 10.1 Å². The van der Waals surface area contributed by atoms with Gasteiger partial charge < -0.3 is 0 Å². The molecule has 2 heterocycles. The Morgan fingerprint density at radius 3 is 2.85 bits per heavy atom. The second-order valence-electron chi connectivity index (χ2n) is 4.70. The number of carbonyl (C=O) groups excluding carboxylic acids is 1. The molecular formula is C15H18ClN3O. The molecule has 0 bridgehead atoms. The van der Waals surface area contributed by atoms with Crippen molar-refractivity contribution >= 4 is 17.4 Å². The van der Waals surface area contributed by atoms with Crippen molar-refractivity contribution < 1.29 is 4.79 Å². The molecule has 0 saturated carbocycles. The lowest BCUT2D eigenvalue weighted by atomic mass is 10.1. The summed E-state index contributed by atoms with van der Waals surface area (Å²) in [5.74, 6) is 0.159. The number of hydrogen-bond acceptors (Lipinski definition) is 3. The minimum Gasteiger partial charge on any atom is -0.299 e. The number of halogens is 1. The van der Waals surface area contributed by atoms with Gasteiger partial charge in [-0.05, 0) is 32.4 Å². The molecule has 2 aromatic rings. The molecule has 0 fully saturated rings. The number of rotatable bonds is 6. The van der Waals surface area contributed by atoms with E-state index in [0.29, 0.717) is 24.3 Å². The van der Waals surface area contributed by atoms with Crippen molar-refractivity contribution in [3.8, 4) is 0 Å². The zero-order valence-corrected chi connectivity index (χ0v) is 12.5. The number of hydrogen-bond donors (Lipinski definition) is 0. The van der Waals surface area contributed by atoms with Crippen LogP contribution in [0.1, 0.15) is 30.4 Å². The van der Waals surface area contributed by atoms with Gasteiger partial charge in [-0.25, -0.2) is 0 Å². The zero-order valence-electron chi connectivity index (χ0n) is 11.8. The van der Waals surface area contributed by atoms with E-state index in [-0.39, 0.29) is 5.78 Å². The lowest BCUT2D eigenvalue weighted by molar-refractivity contribution is -0.118. The van der Waals surface area contributed by atoms with Gasteiger partial charge in [-0.15, -0.1) is 0 Å². The predicted octanol–water partition coefficient (Wildman–Crippen LogP) is 3.00. The summed E-state index contributed by atoms with van der Waals surface area (Å²) in [5.41, 5.74) is 2.53. The maximum atomic E-state index is 12.1. The van der Waals surface area contributed by atoms with Gasteiger partial charge in [-0.1, -0.05) is 17.7 Å². The third kappa shape index (κ3) is 3.45. The Hall–Kier alpha value is -1.68. The Kier molecular flexibility index (Phi) is 4.90. The second kappa shape index (κ2) is 6.66. The van der Waals surface area contributed by atoms with Crippen LogP contribution >= 0.6 is 11.6 Å². The number of pyridine rings is 1. The molecule has 0 spiro atoms. The standard InChI is InChI=1S/C15H18ClN3O/c1-3-19-14(15(16)11(2)18-19)10-13(20)8-7-12-6-4-5-9-17-12/h4-6,9H,3,7-8,10H2,1-2H3. The zero-order chi connectivity index (χ0) is 14.5. The first-order chi connectivity index (χ1) is 9.61. The molecule has 0 aliphatic heterocycles. The molecule has 0 amide bonds. The van der Waals surface area contributed by atoms with Crippen molar-refractivity contribution in [2.24, 2.45) is 0 Å². The summed E-state index contributed by atoms with van der Waals surface area (Å²) in [5, 5.41) is 4.93. The molecule has 0 atom stereocenters. The van der Waals surface area contributed by atoms with Crippen molar-refractivity contribution in [2.45, 2.75) is 39.7 Å².